The molecule has 0 amide bonds. The zero-order valence-electron chi connectivity index (χ0n) is 17.7. The van der Waals surface area contributed by atoms with Gasteiger partial charge >= 0.3 is 0 Å². The van der Waals surface area contributed by atoms with E-state index < -0.39 is 15.3 Å². The van der Waals surface area contributed by atoms with Crippen LogP contribution < -0.4 is 0 Å². The Bertz CT molecular complexity index is 711. The Labute approximate surface area is 172 Å². The van der Waals surface area contributed by atoms with Crippen LogP contribution in [-0.2, 0) is 9.73 Å². The van der Waals surface area contributed by atoms with Gasteiger partial charge < -0.3 is 5.11 Å². The second-order valence-electron chi connectivity index (χ2n) is 9.06. The number of rotatable bonds is 3. The van der Waals surface area contributed by atoms with Crippen LogP contribution in [0.3, 0.4) is 0 Å². The molecule has 4 heteroatoms. The van der Waals surface area contributed by atoms with Crippen molar-refractivity contribution in [3.05, 3.63) is 30.3 Å². The summed E-state index contributed by atoms with van der Waals surface area (Å²) in [4.78, 5) is 0.763. The fourth-order valence-corrected chi connectivity index (χ4v) is 7.19. The lowest BCUT2D eigenvalue weighted by Gasteiger charge is -2.30. The summed E-state index contributed by atoms with van der Waals surface area (Å²) in [6.07, 6.45) is 16.0. The van der Waals surface area contributed by atoms with E-state index >= 15 is 0 Å². The molecular weight excluding hydrogens is 366 g/mol. The van der Waals surface area contributed by atoms with Crippen molar-refractivity contribution in [3.8, 4) is 0 Å². The van der Waals surface area contributed by atoms with Gasteiger partial charge in [-0.25, -0.2) is 8.57 Å². The van der Waals surface area contributed by atoms with Crippen LogP contribution in [-0.4, -0.2) is 27.7 Å². The fourth-order valence-electron chi connectivity index (χ4n) is 5.07. The predicted octanol–water partition coefficient (Wildman–Crippen LogP) is 6.21. The molecule has 1 unspecified atom stereocenters. The number of hydrogen-bond acceptors (Lipinski definition) is 3. The molecule has 2 aliphatic rings. The maximum absolute atomic E-state index is 13.7. The van der Waals surface area contributed by atoms with E-state index in [1.54, 1.807) is 7.05 Å². The van der Waals surface area contributed by atoms with Crippen LogP contribution in [0.5, 0.6) is 0 Å². The summed E-state index contributed by atoms with van der Waals surface area (Å²) in [6, 6.07) is 9.57. The third-order valence-electron chi connectivity index (χ3n) is 6.90. The summed E-state index contributed by atoms with van der Waals surface area (Å²) in [6.45, 7) is 0. The zero-order chi connectivity index (χ0) is 19.9. The summed E-state index contributed by atoms with van der Waals surface area (Å²) >= 11 is 0. The first kappa shape index (κ1) is 21.8. The van der Waals surface area contributed by atoms with E-state index in [-0.39, 0.29) is 0 Å². The summed E-state index contributed by atoms with van der Waals surface area (Å²) < 4.78 is 18.0. The normalized spacial score (nSPS) is 32.2. The number of nitrogens with zero attached hydrogens (tertiary/aromatic N) is 1. The SMILES string of the molecule is CN=S(=O)(C[C@@]1(O)CCCCCCCCCCCC[C@H]2C[C@@H]21)c1ccccc1. The molecular formula is C24H39NO2S. The minimum Gasteiger partial charge on any atom is -0.389 e. The Morgan fingerprint density at radius 1 is 0.964 bits per heavy atom. The van der Waals surface area contributed by atoms with Crippen molar-refractivity contribution < 1.29 is 9.32 Å². The van der Waals surface area contributed by atoms with Crippen molar-refractivity contribution in [3.63, 3.8) is 0 Å². The van der Waals surface area contributed by atoms with Gasteiger partial charge in [0, 0.05) is 11.9 Å². The topological polar surface area (TPSA) is 49.7 Å². The molecule has 1 N–H and O–H groups in total. The van der Waals surface area contributed by atoms with Crippen LogP contribution in [0.4, 0.5) is 0 Å². The molecule has 3 nitrogen and oxygen atoms in total. The van der Waals surface area contributed by atoms with Crippen molar-refractivity contribution in [1.29, 1.82) is 0 Å². The molecule has 0 saturated heterocycles. The van der Waals surface area contributed by atoms with Gasteiger partial charge in [0.1, 0.15) is 0 Å². The van der Waals surface area contributed by atoms with Crippen LogP contribution in [0, 0.1) is 11.8 Å². The van der Waals surface area contributed by atoms with E-state index in [0.717, 1.165) is 24.2 Å². The summed E-state index contributed by atoms with van der Waals surface area (Å²) in [5, 5.41) is 11.7. The van der Waals surface area contributed by atoms with E-state index in [9.17, 15) is 9.32 Å². The van der Waals surface area contributed by atoms with E-state index in [2.05, 4.69) is 4.36 Å². The second-order valence-corrected chi connectivity index (χ2v) is 11.5. The van der Waals surface area contributed by atoms with Gasteiger partial charge in [0.15, 0.2) is 0 Å². The van der Waals surface area contributed by atoms with E-state index in [0.29, 0.717) is 17.6 Å². The quantitative estimate of drug-likeness (QED) is 0.650. The fraction of sp³-hybridized carbons (Fsp3) is 0.750. The van der Waals surface area contributed by atoms with E-state index in [4.69, 9.17) is 0 Å². The number of aliphatic hydroxyl groups is 1. The molecule has 0 aliphatic heterocycles. The number of fused-ring (bicyclic) bond motifs is 1. The molecule has 0 heterocycles. The highest BCUT2D eigenvalue weighted by Gasteiger charge is 2.52. The Hall–Kier alpha value is -0.870. The molecule has 1 aromatic carbocycles. The van der Waals surface area contributed by atoms with Gasteiger partial charge in [0.25, 0.3) is 0 Å². The van der Waals surface area contributed by atoms with Gasteiger partial charge in [0.2, 0.25) is 0 Å². The first-order valence-corrected chi connectivity index (χ1v) is 13.2. The average molecular weight is 406 g/mol. The Balaban J connectivity index is 1.74. The zero-order valence-corrected chi connectivity index (χ0v) is 18.5. The lowest BCUT2D eigenvalue weighted by molar-refractivity contribution is 0.0235. The van der Waals surface area contributed by atoms with Gasteiger partial charge in [-0.15, -0.1) is 0 Å². The second kappa shape index (κ2) is 10.2. The highest BCUT2D eigenvalue weighted by molar-refractivity contribution is 7.93. The minimum absolute atomic E-state index is 0.293. The molecule has 2 aliphatic carbocycles. The standard InChI is InChI=1S/C24H39NO2S/c1-25-28(27,22-16-12-10-13-17-22)20-24(26)18-14-9-7-5-3-2-4-6-8-11-15-21-19-23(21)24/h10,12-13,16-17,21,23,26H,2-9,11,14-15,18-20H2,1H3/t21-,23-,24-,28?/m0/s1. The van der Waals surface area contributed by atoms with Gasteiger partial charge in [-0.2, -0.15) is 0 Å². The van der Waals surface area contributed by atoms with Crippen LogP contribution in [0.25, 0.3) is 0 Å². The Morgan fingerprint density at radius 2 is 1.54 bits per heavy atom. The first-order chi connectivity index (χ1) is 13.6. The van der Waals surface area contributed by atoms with E-state index in [1.807, 2.05) is 30.3 Å². The van der Waals surface area contributed by atoms with Crippen molar-refractivity contribution in [2.24, 2.45) is 16.2 Å². The molecule has 2 saturated carbocycles. The summed E-state index contributed by atoms with van der Waals surface area (Å²) in [5.41, 5.74) is -0.836. The van der Waals surface area contributed by atoms with Crippen molar-refractivity contribution in [2.45, 2.75) is 94.0 Å². The molecule has 0 aromatic heterocycles. The van der Waals surface area contributed by atoms with Crippen LogP contribution in [0.1, 0.15) is 83.5 Å². The molecule has 2 fully saturated rings. The lowest BCUT2D eigenvalue weighted by Crippen LogP contribution is -2.40. The van der Waals surface area contributed by atoms with Crippen LogP contribution in [0.15, 0.2) is 39.6 Å². The maximum Gasteiger partial charge on any atom is 0.0805 e. The summed E-state index contributed by atoms with van der Waals surface area (Å²) in [5.74, 6) is 1.22. The highest BCUT2D eigenvalue weighted by atomic mass is 32.2. The van der Waals surface area contributed by atoms with Crippen molar-refractivity contribution in [1.82, 2.24) is 0 Å². The van der Waals surface area contributed by atoms with Crippen LogP contribution >= 0.6 is 0 Å². The smallest absolute Gasteiger partial charge is 0.0805 e. The molecule has 28 heavy (non-hydrogen) atoms. The van der Waals surface area contributed by atoms with Crippen molar-refractivity contribution >= 4 is 9.73 Å². The number of benzene rings is 1. The molecule has 3 rings (SSSR count). The molecule has 4 atom stereocenters. The van der Waals surface area contributed by atoms with Gasteiger partial charge in [-0.1, -0.05) is 88.8 Å². The van der Waals surface area contributed by atoms with Gasteiger partial charge in [0.05, 0.1) is 21.1 Å². The summed E-state index contributed by atoms with van der Waals surface area (Å²) in [7, 11) is -0.931. The lowest BCUT2D eigenvalue weighted by atomic mass is 9.90. The minimum atomic E-state index is -2.58. The predicted molar refractivity (Wildman–Crippen MR) is 118 cm³/mol. The molecule has 0 radical (unpaired) electrons. The third-order valence-corrected chi connectivity index (χ3v) is 9.39. The Kier molecular flexibility index (Phi) is 7.99. The van der Waals surface area contributed by atoms with E-state index in [1.165, 1.54) is 64.2 Å². The Morgan fingerprint density at radius 3 is 2.14 bits per heavy atom. The van der Waals surface area contributed by atoms with Crippen LogP contribution in [0.2, 0.25) is 0 Å². The largest absolute Gasteiger partial charge is 0.389 e. The van der Waals surface area contributed by atoms with Crippen molar-refractivity contribution in [2.75, 3.05) is 12.8 Å². The van der Waals surface area contributed by atoms with Gasteiger partial charge in [-0.05, 0) is 36.8 Å². The molecule has 0 spiro atoms. The number of hydrogen-bond donors (Lipinski definition) is 1. The van der Waals surface area contributed by atoms with Gasteiger partial charge in [-0.3, -0.25) is 0 Å². The molecule has 0 bridgehead atoms. The monoisotopic (exact) mass is 405 g/mol. The molecule has 1 aromatic rings. The molecule has 158 valence electrons. The highest BCUT2D eigenvalue weighted by Crippen LogP contribution is 2.52. The first-order valence-electron chi connectivity index (χ1n) is 11.5. The average Bonchev–Trinajstić information content (AvgIpc) is 3.49. The maximum atomic E-state index is 13.7. The third kappa shape index (κ3) is 5.82.